The van der Waals surface area contributed by atoms with Crippen LogP contribution in [0.2, 0.25) is 0 Å². The summed E-state index contributed by atoms with van der Waals surface area (Å²) in [4.78, 5) is 15.0. The number of aromatic amines is 1. The zero-order valence-corrected chi connectivity index (χ0v) is 10.1. The topological polar surface area (TPSA) is 68.1 Å². The fourth-order valence-electron chi connectivity index (χ4n) is 2.12. The molecular weight excluding hydrogens is 228 g/mol. The number of nitrogen functional groups attached to an aromatic ring is 1. The second-order valence-corrected chi connectivity index (χ2v) is 4.88. The lowest BCUT2D eigenvalue weighted by Gasteiger charge is -2.03. The van der Waals surface area contributed by atoms with Crippen molar-refractivity contribution >= 4 is 22.6 Å². The summed E-state index contributed by atoms with van der Waals surface area (Å²) in [7, 11) is 0. The van der Waals surface area contributed by atoms with Crippen LogP contribution in [0.4, 0.5) is 5.69 Å². The van der Waals surface area contributed by atoms with E-state index in [1.165, 1.54) is 12.8 Å². The van der Waals surface area contributed by atoms with Crippen molar-refractivity contribution < 1.29 is 9.53 Å². The smallest absolute Gasteiger partial charge is 0.340 e. The maximum Gasteiger partial charge on any atom is 0.340 e. The molecule has 1 saturated carbocycles. The minimum atomic E-state index is -0.258. The first-order valence-electron chi connectivity index (χ1n) is 6.28. The summed E-state index contributed by atoms with van der Waals surface area (Å²) in [5, 5.41) is 0.862. The fourth-order valence-corrected chi connectivity index (χ4v) is 2.12. The first kappa shape index (κ1) is 11.1. The maximum atomic E-state index is 11.9. The van der Waals surface area contributed by atoms with Crippen molar-refractivity contribution in [3.05, 3.63) is 30.0 Å². The molecule has 0 amide bonds. The molecule has 0 bridgehead atoms. The van der Waals surface area contributed by atoms with E-state index in [0.717, 1.165) is 23.2 Å². The number of esters is 1. The Hall–Kier alpha value is -1.97. The largest absolute Gasteiger partial charge is 0.462 e. The van der Waals surface area contributed by atoms with E-state index in [2.05, 4.69) is 4.98 Å². The normalized spacial score (nSPS) is 14.9. The highest BCUT2D eigenvalue weighted by molar-refractivity contribution is 6.04. The number of benzene rings is 1. The molecule has 4 nitrogen and oxygen atoms in total. The second kappa shape index (κ2) is 4.37. The molecule has 0 spiro atoms. The molecule has 0 atom stereocenters. The summed E-state index contributed by atoms with van der Waals surface area (Å²) >= 11 is 0. The minimum absolute atomic E-state index is 0.258. The van der Waals surface area contributed by atoms with E-state index in [0.29, 0.717) is 17.9 Å². The van der Waals surface area contributed by atoms with Gasteiger partial charge in [0.15, 0.2) is 0 Å². The lowest BCUT2D eigenvalue weighted by molar-refractivity contribution is 0.0497. The molecule has 1 heterocycles. The lowest BCUT2D eigenvalue weighted by atomic mass is 10.1. The van der Waals surface area contributed by atoms with E-state index >= 15 is 0 Å². The van der Waals surface area contributed by atoms with Crippen LogP contribution in [0.25, 0.3) is 10.9 Å². The number of anilines is 1. The highest BCUT2D eigenvalue weighted by atomic mass is 16.5. The number of carbonyl (C=O) groups excluding carboxylic acids is 1. The molecule has 0 unspecified atom stereocenters. The SMILES string of the molecule is Nc1ccc2c(C(=O)OCCC3CC3)c[nH]c2c1. The van der Waals surface area contributed by atoms with Gasteiger partial charge in [-0.2, -0.15) is 0 Å². The number of rotatable bonds is 4. The molecule has 1 aliphatic carbocycles. The van der Waals surface area contributed by atoms with Gasteiger partial charge < -0.3 is 15.5 Å². The maximum absolute atomic E-state index is 11.9. The van der Waals surface area contributed by atoms with Gasteiger partial charge in [0.05, 0.1) is 12.2 Å². The van der Waals surface area contributed by atoms with E-state index in [4.69, 9.17) is 10.5 Å². The van der Waals surface area contributed by atoms with Crippen LogP contribution in [-0.2, 0) is 4.74 Å². The van der Waals surface area contributed by atoms with Gasteiger partial charge in [-0.25, -0.2) is 4.79 Å². The molecule has 3 rings (SSSR count). The Labute approximate surface area is 105 Å². The molecule has 1 aliphatic rings. The quantitative estimate of drug-likeness (QED) is 0.641. The monoisotopic (exact) mass is 244 g/mol. The van der Waals surface area contributed by atoms with Gasteiger partial charge >= 0.3 is 5.97 Å². The first-order chi connectivity index (χ1) is 8.74. The summed E-state index contributed by atoms with van der Waals surface area (Å²) in [6.45, 7) is 0.519. The zero-order valence-electron chi connectivity index (χ0n) is 10.1. The Morgan fingerprint density at radius 3 is 3.06 bits per heavy atom. The van der Waals surface area contributed by atoms with Crippen molar-refractivity contribution in [3.8, 4) is 0 Å². The van der Waals surface area contributed by atoms with Gasteiger partial charge in [0.25, 0.3) is 0 Å². The van der Waals surface area contributed by atoms with Crippen LogP contribution in [0.15, 0.2) is 24.4 Å². The van der Waals surface area contributed by atoms with Crippen molar-refractivity contribution in [2.75, 3.05) is 12.3 Å². The Bertz CT molecular complexity index is 584. The zero-order chi connectivity index (χ0) is 12.5. The molecule has 18 heavy (non-hydrogen) atoms. The number of H-pyrrole nitrogens is 1. The average molecular weight is 244 g/mol. The van der Waals surface area contributed by atoms with Crippen molar-refractivity contribution in [2.24, 2.45) is 5.92 Å². The highest BCUT2D eigenvalue weighted by Gasteiger charge is 2.21. The molecule has 1 aromatic carbocycles. The van der Waals surface area contributed by atoms with Crippen molar-refractivity contribution in [2.45, 2.75) is 19.3 Å². The van der Waals surface area contributed by atoms with E-state index in [-0.39, 0.29) is 5.97 Å². The van der Waals surface area contributed by atoms with Crippen LogP contribution in [0.1, 0.15) is 29.6 Å². The third-order valence-electron chi connectivity index (χ3n) is 3.38. The first-order valence-corrected chi connectivity index (χ1v) is 6.28. The van der Waals surface area contributed by atoms with E-state index in [1.807, 2.05) is 12.1 Å². The van der Waals surface area contributed by atoms with Crippen molar-refractivity contribution in [1.29, 1.82) is 0 Å². The van der Waals surface area contributed by atoms with Crippen LogP contribution < -0.4 is 5.73 Å². The van der Waals surface area contributed by atoms with Gasteiger partial charge in [-0.05, 0) is 30.5 Å². The summed E-state index contributed by atoms with van der Waals surface area (Å²) in [5.74, 6) is 0.521. The van der Waals surface area contributed by atoms with Gasteiger partial charge in [-0.15, -0.1) is 0 Å². The molecule has 1 fully saturated rings. The van der Waals surface area contributed by atoms with Crippen LogP contribution in [-0.4, -0.2) is 17.6 Å². The molecule has 4 heteroatoms. The fraction of sp³-hybridized carbons (Fsp3) is 0.357. The molecular formula is C14H16N2O2. The predicted octanol–water partition coefficient (Wildman–Crippen LogP) is 2.71. The van der Waals surface area contributed by atoms with Gasteiger partial charge in [-0.1, -0.05) is 12.8 Å². The van der Waals surface area contributed by atoms with Crippen molar-refractivity contribution in [3.63, 3.8) is 0 Å². The number of nitrogens with two attached hydrogens (primary N) is 1. The van der Waals surface area contributed by atoms with Crippen LogP contribution in [0.3, 0.4) is 0 Å². The average Bonchev–Trinajstić information content (AvgIpc) is 3.07. The van der Waals surface area contributed by atoms with Crippen LogP contribution in [0, 0.1) is 5.92 Å². The Kier molecular flexibility index (Phi) is 2.70. The number of aromatic nitrogens is 1. The lowest BCUT2D eigenvalue weighted by Crippen LogP contribution is -2.06. The molecule has 0 saturated heterocycles. The highest BCUT2D eigenvalue weighted by Crippen LogP contribution is 2.32. The van der Waals surface area contributed by atoms with Crippen LogP contribution in [0.5, 0.6) is 0 Å². The molecule has 94 valence electrons. The Morgan fingerprint density at radius 2 is 2.28 bits per heavy atom. The summed E-state index contributed by atoms with van der Waals surface area (Å²) in [5.41, 5.74) is 7.82. The number of nitrogens with one attached hydrogen (secondary N) is 1. The third kappa shape index (κ3) is 2.18. The predicted molar refractivity (Wildman–Crippen MR) is 70.3 cm³/mol. The van der Waals surface area contributed by atoms with Gasteiger partial charge in [0, 0.05) is 22.8 Å². The second-order valence-electron chi connectivity index (χ2n) is 4.88. The Morgan fingerprint density at radius 1 is 1.44 bits per heavy atom. The molecule has 3 N–H and O–H groups in total. The minimum Gasteiger partial charge on any atom is -0.462 e. The molecule has 0 aliphatic heterocycles. The van der Waals surface area contributed by atoms with E-state index < -0.39 is 0 Å². The van der Waals surface area contributed by atoms with Gasteiger partial charge in [0.2, 0.25) is 0 Å². The summed E-state index contributed by atoms with van der Waals surface area (Å²) in [6.07, 6.45) is 5.23. The Balaban J connectivity index is 1.73. The van der Waals surface area contributed by atoms with Gasteiger partial charge in [0.1, 0.15) is 0 Å². The number of hydrogen-bond donors (Lipinski definition) is 2. The van der Waals surface area contributed by atoms with Gasteiger partial charge in [-0.3, -0.25) is 0 Å². The number of fused-ring (bicyclic) bond motifs is 1. The number of hydrogen-bond acceptors (Lipinski definition) is 3. The van der Waals surface area contributed by atoms with Crippen LogP contribution >= 0.6 is 0 Å². The van der Waals surface area contributed by atoms with E-state index in [9.17, 15) is 4.79 Å². The molecule has 2 aromatic rings. The van der Waals surface area contributed by atoms with E-state index in [1.54, 1.807) is 12.3 Å². The number of ether oxygens (including phenoxy) is 1. The summed E-state index contributed by atoms with van der Waals surface area (Å²) < 4.78 is 5.29. The molecule has 0 radical (unpaired) electrons. The number of carbonyl (C=O) groups is 1. The standard InChI is InChI=1S/C14H16N2O2/c15-10-3-4-11-12(8-16-13(11)7-10)14(17)18-6-5-9-1-2-9/h3-4,7-9,16H,1-2,5-6,15H2. The third-order valence-corrected chi connectivity index (χ3v) is 3.38. The summed E-state index contributed by atoms with van der Waals surface area (Å²) in [6, 6.07) is 5.45. The van der Waals surface area contributed by atoms with Crippen molar-refractivity contribution in [1.82, 2.24) is 4.98 Å². The molecule has 1 aromatic heterocycles.